The largest absolute Gasteiger partial charge is 0.309 e. The van der Waals surface area contributed by atoms with Crippen molar-refractivity contribution in [3.05, 3.63) is 166 Å². The van der Waals surface area contributed by atoms with Gasteiger partial charge in [-0.2, -0.15) is 0 Å². The number of fused-ring (bicyclic) bond motifs is 6. The maximum atomic E-state index is 17.9. The molecule has 2 heterocycles. The van der Waals surface area contributed by atoms with Gasteiger partial charge in [-0.25, -0.2) is 8.78 Å². The zero-order valence-electron chi connectivity index (χ0n) is 46.4. The molecule has 382 valence electrons. The molecule has 2 aliphatic rings. The highest BCUT2D eigenvalue weighted by Crippen LogP contribution is 2.57. The van der Waals surface area contributed by atoms with E-state index in [0.29, 0.717) is 11.1 Å². The fourth-order valence-electron chi connectivity index (χ4n) is 13.1. The molecule has 0 bridgehead atoms. The van der Waals surface area contributed by atoms with Crippen LogP contribution in [0.3, 0.4) is 0 Å². The molecule has 11 rings (SSSR count). The Kier molecular flexibility index (Phi) is 12.5. The van der Waals surface area contributed by atoms with Crippen LogP contribution in [0.4, 0.5) is 8.78 Å². The maximum absolute atomic E-state index is 17.9. The van der Waals surface area contributed by atoms with Crippen molar-refractivity contribution in [2.45, 2.75) is 181 Å². The SMILES string of the molecule is CC(C)(C)c1ccc2c(c1)c1cc(C(C)(C)C)ccc1n2-c1c(-c2ccccc2F)c(C2CCCCC2)c(-n2c3ccc(C(C)(C)C)cc3c3cc(C(C)(C)C)ccc32)c(C2CCCCC2)c1-c1ccccc1F. The average molecular weight is 985 g/mol. The molecule has 2 aromatic heterocycles. The molecule has 0 saturated heterocycles. The van der Waals surface area contributed by atoms with Crippen LogP contribution in [0, 0.1) is 11.6 Å². The third-order valence-corrected chi connectivity index (χ3v) is 17.3. The van der Waals surface area contributed by atoms with Crippen LogP contribution in [-0.2, 0) is 21.7 Å². The molecule has 0 amide bonds. The summed E-state index contributed by atoms with van der Waals surface area (Å²) in [7, 11) is 0. The summed E-state index contributed by atoms with van der Waals surface area (Å²) in [6, 6.07) is 43.3. The van der Waals surface area contributed by atoms with Crippen molar-refractivity contribution >= 4 is 43.6 Å². The molecule has 4 heteroatoms. The fraction of sp³-hybridized carbons (Fsp3) is 0.400. The predicted molar refractivity (Wildman–Crippen MR) is 312 cm³/mol. The van der Waals surface area contributed by atoms with Gasteiger partial charge in [-0.15, -0.1) is 0 Å². The first-order valence-corrected chi connectivity index (χ1v) is 28.0. The van der Waals surface area contributed by atoms with Crippen LogP contribution in [0.2, 0.25) is 0 Å². The van der Waals surface area contributed by atoms with Crippen molar-refractivity contribution in [3.63, 3.8) is 0 Å². The molecule has 74 heavy (non-hydrogen) atoms. The third-order valence-electron chi connectivity index (χ3n) is 17.3. The lowest BCUT2D eigenvalue weighted by molar-refractivity contribution is 0.435. The standard InChI is InChI=1S/C70H78F2N2/c1-67(2,3)45-31-35-57-51(39-45)52-40-46(68(4,5)6)32-36-58(52)73(57)65-61(43-23-15-13-16-24-43)63(49-27-19-21-29-55(49)71)66(64(50-28-20-22-30-56(50)72)62(65)44-25-17-14-18-26-44)74-59-37-33-47(69(7,8)9)41-53(59)54-42-48(70(10,11)12)34-38-60(54)74/h19-22,27-44H,13-18,23-26H2,1-12H3. The van der Waals surface area contributed by atoms with Gasteiger partial charge in [0.15, 0.2) is 0 Å². The maximum Gasteiger partial charge on any atom is 0.131 e. The number of rotatable bonds is 6. The molecular formula is C70H78F2N2. The summed E-state index contributed by atoms with van der Waals surface area (Å²) in [6.45, 7) is 27.5. The first-order chi connectivity index (χ1) is 35.1. The van der Waals surface area contributed by atoms with E-state index >= 15 is 8.78 Å². The summed E-state index contributed by atoms with van der Waals surface area (Å²) in [5, 5.41) is 4.76. The Hall–Kier alpha value is -6.00. The van der Waals surface area contributed by atoms with E-state index in [1.54, 1.807) is 12.1 Å². The molecule has 0 N–H and O–H groups in total. The molecule has 0 atom stereocenters. The van der Waals surface area contributed by atoms with E-state index < -0.39 is 0 Å². The molecule has 2 saturated carbocycles. The third kappa shape index (κ3) is 8.61. The molecule has 2 aliphatic carbocycles. The zero-order valence-corrected chi connectivity index (χ0v) is 46.4. The molecule has 0 radical (unpaired) electrons. The summed E-state index contributed by atoms with van der Waals surface area (Å²) in [5.74, 6) is -0.293. The summed E-state index contributed by atoms with van der Waals surface area (Å²) in [5.41, 5.74) is 16.4. The van der Waals surface area contributed by atoms with Crippen molar-refractivity contribution in [2.75, 3.05) is 0 Å². The molecule has 0 aliphatic heterocycles. The van der Waals surface area contributed by atoms with Gasteiger partial charge in [0.05, 0.1) is 33.4 Å². The minimum atomic E-state index is -0.265. The van der Waals surface area contributed by atoms with Crippen molar-refractivity contribution in [3.8, 4) is 33.6 Å². The van der Waals surface area contributed by atoms with Crippen LogP contribution in [0.5, 0.6) is 0 Å². The lowest BCUT2D eigenvalue weighted by Gasteiger charge is -2.37. The Morgan fingerprint density at radius 3 is 0.919 bits per heavy atom. The Bertz CT molecular complexity index is 3400. The van der Waals surface area contributed by atoms with Gasteiger partial charge in [0.1, 0.15) is 11.6 Å². The van der Waals surface area contributed by atoms with Crippen molar-refractivity contribution < 1.29 is 8.78 Å². The number of nitrogens with zero attached hydrogens (tertiary/aromatic N) is 2. The Morgan fingerprint density at radius 1 is 0.351 bits per heavy atom. The van der Waals surface area contributed by atoms with Crippen molar-refractivity contribution in [1.29, 1.82) is 0 Å². The van der Waals surface area contributed by atoms with Crippen LogP contribution in [-0.4, -0.2) is 9.13 Å². The lowest BCUT2D eigenvalue weighted by atomic mass is 9.72. The van der Waals surface area contributed by atoms with Crippen LogP contribution >= 0.6 is 0 Å². The quantitative estimate of drug-likeness (QED) is 0.157. The van der Waals surface area contributed by atoms with Crippen molar-refractivity contribution in [2.24, 2.45) is 0 Å². The number of aromatic nitrogens is 2. The first kappa shape index (κ1) is 50.2. The second-order valence-electron chi connectivity index (χ2n) is 26.5. The van der Waals surface area contributed by atoms with Gasteiger partial charge in [-0.05, 0) is 153 Å². The van der Waals surface area contributed by atoms with Crippen LogP contribution in [0.15, 0.2) is 121 Å². The molecule has 7 aromatic carbocycles. The van der Waals surface area contributed by atoms with Crippen molar-refractivity contribution in [1.82, 2.24) is 9.13 Å². The molecule has 0 spiro atoms. The monoisotopic (exact) mass is 985 g/mol. The van der Waals surface area contributed by atoms with Gasteiger partial charge >= 0.3 is 0 Å². The van der Waals surface area contributed by atoms with Gasteiger partial charge < -0.3 is 9.13 Å². The van der Waals surface area contributed by atoms with E-state index in [1.165, 1.54) is 57.0 Å². The molecular weight excluding hydrogens is 907 g/mol. The smallest absolute Gasteiger partial charge is 0.131 e. The fourth-order valence-corrected chi connectivity index (χ4v) is 13.1. The summed E-state index contributed by atoms with van der Waals surface area (Å²) in [4.78, 5) is 0. The molecule has 2 fully saturated rings. The summed E-state index contributed by atoms with van der Waals surface area (Å²) in [6.07, 6.45) is 10.7. The molecule has 9 aromatic rings. The first-order valence-electron chi connectivity index (χ1n) is 28.0. The van der Waals surface area contributed by atoms with Crippen LogP contribution < -0.4 is 0 Å². The van der Waals surface area contributed by atoms with Gasteiger partial charge in [-0.3, -0.25) is 0 Å². The van der Waals surface area contributed by atoms with E-state index in [-0.39, 0.29) is 45.1 Å². The Morgan fingerprint density at radius 2 is 0.635 bits per heavy atom. The highest BCUT2D eigenvalue weighted by atomic mass is 19.1. The van der Waals surface area contributed by atoms with Gasteiger partial charge in [0.25, 0.3) is 0 Å². The van der Waals surface area contributed by atoms with Crippen LogP contribution in [0.25, 0.3) is 77.2 Å². The Balaban J connectivity index is 1.46. The highest BCUT2D eigenvalue weighted by molar-refractivity contribution is 6.13. The minimum Gasteiger partial charge on any atom is -0.309 e. The van der Waals surface area contributed by atoms with E-state index in [2.05, 4.69) is 165 Å². The highest BCUT2D eigenvalue weighted by Gasteiger charge is 2.39. The number of hydrogen-bond acceptors (Lipinski definition) is 0. The minimum absolute atomic E-state index is 0.0774. The second-order valence-corrected chi connectivity index (χ2v) is 26.5. The summed E-state index contributed by atoms with van der Waals surface area (Å²) >= 11 is 0. The normalized spacial score (nSPS) is 15.9. The number of hydrogen-bond donors (Lipinski definition) is 0. The molecule has 0 unspecified atom stereocenters. The lowest BCUT2D eigenvalue weighted by Crippen LogP contribution is -2.20. The average Bonchev–Trinajstić information content (AvgIpc) is 3.87. The number of halogens is 2. The Labute approximate surface area is 440 Å². The van der Waals surface area contributed by atoms with Gasteiger partial charge in [0, 0.05) is 43.8 Å². The van der Waals surface area contributed by atoms with Gasteiger partial charge in [0.2, 0.25) is 0 Å². The number of benzene rings is 7. The van der Waals surface area contributed by atoms with E-state index in [0.717, 1.165) is 107 Å². The summed E-state index contributed by atoms with van der Waals surface area (Å²) < 4.78 is 40.9. The van der Waals surface area contributed by atoms with Gasteiger partial charge in [-0.1, -0.05) is 182 Å². The second kappa shape index (κ2) is 18.4. The topological polar surface area (TPSA) is 9.86 Å². The molecule has 2 nitrogen and oxygen atoms in total. The predicted octanol–water partition coefficient (Wildman–Crippen LogP) is 20.8. The van der Waals surface area contributed by atoms with E-state index in [9.17, 15) is 0 Å². The van der Waals surface area contributed by atoms with Crippen LogP contribution in [0.1, 0.15) is 193 Å². The van der Waals surface area contributed by atoms with E-state index in [1.807, 2.05) is 36.4 Å². The zero-order chi connectivity index (χ0) is 52.2. The van der Waals surface area contributed by atoms with E-state index in [4.69, 9.17) is 0 Å².